The quantitative estimate of drug-likeness (QED) is 0.482. The lowest BCUT2D eigenvalue weighted by molar-refractivity contribution is 0.590. The van der Waals surface area contributed by atoms with E-state index in [0.29, 0.717) is 0 Å². The van der Waals surface area contributed by atoms with Crippen molar-refractivity contribution in [2.45, 2.75) is 65.2 Å². The summed E-state index contributed by atoms with van der Waals surface area (Å²) in [7, 11) is 0. The van der Waals surface area contributed by atoms with Gasteiger partial charge in [0, 0.05) is 9.58 Å². The Balaban J connectivity index is 1.74. The van der Waals surface area contributed by atoms with E-state index in [1.807, 2.05) is 11.3 Å². The van der Waals surface area contributed by atoms with E-state index in [1.165, 1.54) is 67.0 Å². The minimum Gasteiger partial charge on any atom is -0.140 e. The number of rotatable bonds is 8. The second-order valence-electron chi connectivity index (χ2n) is 5.57. The molecule has 1 heteroatoms. The molecule has 1 aromatic carbocycles. The smallest absolute Gasteiger partial charge is 0.0348 e. The molecule has 0 bridgehead atoms. The van der Waals surface area contributed by atoms with Gasteiger partial charge in [-0.2, -0.15) is 0 Å². The zero-order valence-electron chi connectivity index (χ0n) is 12.4. The number of unbranched alkanes of at least 4 members (excludes halogenated alkanes) is 6. The minimum atomic E-state index is 1.27. The highest BCUT2D eigenvalue weighted by Gasteiger charge is 2.03. The molecule has 0 aliphatic heterocycles. The Labute approximate surface area is 121 Å². The van der Waals surface area contributed by atoms with E-state index in [2.05, 4.69) is 38.1 Å². The van der Waals surface area contributed by atoms with Crippen LogP contribution in [0.3, 0.4) is 0 Å². The summed E-state index contributed by atoms with van der Waals surface area (Å²) in [6.07, 6.45) is 11.1. The van der Waals surface area contributed by atoms with Gasteiger partial charge < -0.3 is 0 Å². The lowest BCUT2D eigenvalue weighted by atomic mass is 10.1. The second kappa shape index (κ2) is 7.69. The topological polar surface area (TPSA) is 0 Å². The molecule has 104 valence electrons. The number of aryl methyl sites for hydroxylation is 2. The van der Waals surface area contributed by atoms with Crippen molar-refractivity contribution >= 4 is 21.4 Å². The van der Waals surface area contributed by atoms with Crippen molar-refractivity contribution < 1.29 is 0 Å². The third kappa shape index (κ3) is 4.35. The fraction of sp³-hybridized carbons (Fsp3) is 0.556. The largest absolute Gasteiger partial charge is 0.140 e. The van der Waals surface area contributed by atoms with Crippen molar-refractivity contribution in [2.24, 2.45) is 0 Å². The number of thiophene rings is 1. The summed E-state index contributed by atoms with van der Waals surface area (Å²) < 4.78 is 1.46. The lowest BCUT2D eigenvalue weighted by Gasteiger charge is -1.99. The molecule has 1 heterocycles. The molecular weight excluding hydrogens is 248 g/mol. The summed E-state index contributed by atoms with van der Waals surface area (Å²) in [4.78, 5) is 1.57. The van der Waals surface area contributed by atoms with Gasteiger partial charge in [-0.1, -0.05) is 57.6 Å². The zero-order chi connectivity index (χ0) is 13.5. The van der Waals surface area contributed by atoms with Crippen molar-refractivity contribution in [3.63, 3.8) is 0 Å². The van der Waals surface area contributed by atoms with Crippen molar-refractivity contribution in [1.29, 1.82) is 0 Å². The van der Waals surface area contributed by atoms with Crippen LogP contribution in [0.4, 0.5) is 0 Å². The average molecular weight is 274 g/mol. The highest BCUT2D eigenvalue weighted by Crippen LogP contribution is 2.29. The molecule has 0 amide bonds. The van der Waals surface area contributed by atoms with E-state index in [-0.39, 0.29) is 0 Å². The van der Waals surface area contributed by atoms with Gasteiger partial charge in [-0.15, -0.1) is 11.3 Å². The number of fused-ring (bicyclic) bond motifs is 1. The fourth-order valence-electron chi connectivity index (χ4n) is 2.64. The first-order chi connectivity index (χ1) is 9.31. The maximum atomic E-state index is 2.41. The van der Waals surface area contributed by atoms with Crippen LogP contribution in [0.2, 0.25) is 0 Å². The first-order valence-electron chi connectivity index (χ1n) is 7.79. The van der Waals surface area contributed by atoms with Crippen LogP contribution >= 0.6 is 11.3 Å². The molecule has 0 saturated carbocycles. The Morgan fingerprint density at radius 3 is 2.42 bits per heavy atom. The van der Waals surface area contributed by atoms with E-state index < -0.39 is 0 Å². The molecule has 0 aliphatic carbocycles. The van der Waals surface area contributed by atoms with Crippen molar-refractivity contribution in [2.75, 3.05) is 0 Å². The maximum Gasteiger partial charge on any atom is 0.0348 e. The molecule has 2 rings (SSSR count). The van der Waals surface area contributed by atoms with E-state index in [4.69, 9.17) is 0 Å². The summed E-state index contributed by atoms with van der Waals surface area (Å²) >= 11 is 1.98. The van der Waals surface area contributed by atoms with Crippen LogP contribution in [-0.4, -0.2) is 0 Å². The molecule has 19 heavy (non-hydrogen) atoms. The van der Waals surface area contributed by atoms with Crippen LogP contribution in [0.15, 0.2) is 24.3 Å². The van der Waals surface area contributed by atoms with Gasteiger partial charge in [0.1, 0.15) is 0 Å². The monoisotopic (exact) mass is 274 g/mol. The molecule has 1 aromatic heterocycles. The van der Waals surface area contributed by atoms with Gasteiger partial charge >= 0.3 is 0 Å². The lowest BCUT2D eigenvalue weighted by Crippen LogP contribution is -1.83. The predicted octanol–water partition coefficient (Wildman–Crippen LogP) is 6.50. The first kappa shape index (κ1) is 14.6. The zero-order valence-corrected chi connectivity index (χ0v) is 13.2. The third-order valence-corrected chi connectivity index (χ3v) is 5.02. The average Bonchev–Trinajstić information content (AvgIpc) is 2.82. The molecule has 0 unspecified atom stereocenters. The van der Waals surface area contributed by atoms with Gasteiger partial charge in [-0.3, -0.25) is 0 Å². The van der Waals surface area contributed by atoms with E-state index >= 15 is 0 Å². The van der Waals surface area contributed by atoms with Gasteiger partial charge in [0.05, 0.1) is 0 Å². The van der Waals surface area contributed by atoms with Crippen LogP contribution in [0.1, 0.15) is 62.3 Å². The van der Waals surface area contributed by atoms with Gasteiger partial charge in [0.15, 0.2) is 0 Å². The van der Waals surface area contributed by atoms with Crippen LogP contribution in [0, 0.1) is 6.92 Å². The van der Waals surface area contributed by atoms with Crippen LogP contribution in [0.25, 0.3) is 10.1 Å². The molecule has 0 N–H and O–H groups in total. The molecule has 0 nitrogen and oxygen atoms in total. The number of hydrogen-bond acceptors (Lipinski definition) is 1. The SMILES string of the molecule is CCCCCCCCCc1cc2c(C)cccc2s1. The molecule has 2 aromatic rings. The Morgan fingerprint density at radius 2 is 1.68 bits per heavy atom. The summed E-state index contributed by atoms with van der Waals surface area (Å²) in [6.45, 7) is 4.50. The molecule has 0 spiro atoms. The van der Waals surface area contributed by atoms with Crippen molar-refractivity contribution in [3.05, 3.63) is 34.7 Å². The van der Waals surface area contributed by atoms with E-state index in [1.54, 1.807) is 4.88 Å². The number of benzene rings is 1. The Kier molecular flexibility index (Phi) is 5.91. The molecule has 0 aliphatic rings. The van der Waals surface area contributed by atoms with Gasteiger partial charge in [-0.25, -0.2) is 0 Å². The third-order valence-electron chi connectivity index (χ3n) is 3.86. The fourth-order valence-corrected chi connectivity index (χ4v) is 3.82. The van der Waals surface area contributed by atoms with Gasteiger partial charge in [0.2, 0.25) is 0 Å². The van der Waals surface area contributed by atoms with Crippen LogP contribution in [-0.2, 0) is 6.42 Å². The van der Waals surface area contributed by atoms with Crippen LogP contribution < -0.4 is 0 Å². The molecule has 0 fully saturated rings. The summed E-state index contributed by atoms with van der Waals surface area (Å²) in [5.74, 6) is 0. The summed E-state index contributed by atoms with van der Waals surface area (Å²) in [6, 6.07) is 9.05. The van der Waals surface area contributed by atoms with Crippen LogP contribution in [0.5, 0.6) is 0 Å². The van der Waals surface area contributed by atoms with E-state index in [9.17, 15) is 0 Å². The molecule has 0 saturated heterocycles. The highest BCUT2D eigenvalue weighted by atomic mass is 32.1. The minimum absolute atomic E-state index is 1.27. The first-order valence-corrected chi connectivity index (χ1v) is 8.61. The Hall–Kier alpha value is -0.820. The normalized spacial score (nSPS) is 11.3. The number of hydrogen-bond donors (Lipinski definition) is 0. The van der Waals surface area contributed by atoms with Crippen molar-refractivity contribution in [3.8, 4) is 0 Å². The second-order valence-corrected chi connectivity index (χ2v) is 6.74. The molecule has 0 radical (unpaired) electrons. The van der Waals surface area contributed by atoms with E-state index in [0.717, 1.165) is 0 Å². The maximum absolute atomic E-state index is 2.41. The Bertz CT molecular complexity index is 495. The summed E-state index contributed by atoms with van der Waals surface area (Å²) in [5, 5.41) is 1.46. The van der Waals surface area contributed by atoms with Gasteiger partial charge in [0.25, 0.3) is 0 Å². The highest BCUT2D eigenvalue weighted by molar-refractivity contribution is 7.19. The van der Waals surface area contributed by atoms with Crippen molar-refractivity contribution in [1.82, 2.24) is 0 Å². The van der Waals surface area contributed by atoms with Gasteiger partial charge in [-0.05, 0) is 42.8 Å². The Morgan fingerprint density at radius 1 is 0.947 bits per heavy atom. The predicted molar refractivity (Wildman–Crippen MR) is 88.3 cm³/mol. The standard InChI is InChI=1S/C18H26S/c1-3-4-5-6-7-8-9-12-16-14-17-15(2)11-10-13-18(17)19-16/h10-11,13-14H,3-9,12H2,1-2H3. The summed E-state index contributed by atoms with van der Waals surface area (Å²) in [5.41, 5.74) is 1.42. The molecular formula is C18H26S. The molecule has 0 atom stereocenters.